The molecule has 0 unspecified atom stereocenters. The van der Waals surface area contributed by atoms with Gasteiger partial charge in [0.25, 0.3) is 0 Å². The van der Waals surface area contributed by atoms with Gasteiger partial charge in [-0.05, 0) is 6.92 Å². The van der Waals surface area contributed by atoms with Crippen LogP contribution in [0.5, 0.6) is 0 Å². The highest BCUT2D eigenvalue weighted by Crippen LogP contribution is 2.20. The molecule has 3 heterocycles. The Bertz CT molecular complexity index is 714. The molecule has 0 N–H and O–H groups in total. The molecule has 0 aliphatic heterocycles. The predicted molar refractivity (Wildman–Crippen MR) is 73.7 cm³/mol. The highest BCUT2D eigenvalue weighted by atomic mass is 35.5. The van der Waals surface area contributed by atoms with Crippen LogP contribution in [0.15, 0.2) is 10.9 Å². The molecular weight excluding hydrogens is 280 g/mol. The number of nitrogens with zero attached hydrogens (tertiary/aromatic N) is 6. The van der Waals surface area contributed by atoms with Gasteiger partial charge in [-0.25, -0.2) is 4.98 Å². The fraction of sp³-hybridized carbons (Fsp3) is 0.500. The summed E-state index contributed by atoms with van der Waals surface area (Å²) in [6.07, 6.45) is 2.79. The summed E-state index contributed by atoms with van der Waals surface area (Å²) in [6.45, 7) is 2.67. The van der Waals surface area contributed by atoms with Crippen LogP contribution in [0, 0.1) is 6.92 Å². The Kier molecular flexibility index (Phi) is 3.43. The van der Waals surface area contributed by atoms with Crippen molar-refractivity contribution < 1.29 is 4.52 Å². The Morgan fingerprint density at radius 3 is 2.90 bits per heavy atom. The summed E-state index contributed by atoms with van der Waals surface area (Å²) in [6, 6.07) is 0. The van der Waals surface area contributed by atoms with Crippen LogP contribution in [0.1, 0.15) is 17.4 Å². The summed E-state index contributed by atoms with van der Waals surface area (Å²) in [5, 5.41) is 8.02. The van der Waals surface area contributed by atoms with E-state index in [0.717, 1.165) is 29.1 Å². The summed E-state index contributed by atoms with van der Waals surface area (Å²) in [7, 11) is 1.92. The molecule has 7 nitrogen and oxygen atoms in total. The van der Waals surface area contributed by atoms with Gasteiger partial charge in [-0.3, -0.25) is 4.68 Å². The number of rotatable bonds is 5. The maximum atomic E-state index is 5.87. The fourth-order valence-corrected chi connectivity index (χ4v) is 2.57. The molecule has 0 radical (unpaired) electrons. The lowest BCUT2D eigenvalue weighted by Gasteiger charge is -2.07. The maximum absolute atomic E-state index is 5.87. The van der Waals surface area contributed by atoms with Crippen molar-refractivity contribution >= 4 is 22.8 Å². The van der Waals surface area contributed by atoms with Gasteiger partial charge in [-0.1, -0.05) is 5.16 Å². The van der Waals surface area contributed by atoms with Crippen LogP contribution in [0.4, 0.5) is 0 Å². The first-order valence-corrected chi connectivity index (χ1v) is 6.94. The van der Waals surface area contributed by atoms with E-state index in [1.54, 1.807) is 0 Å². The molecule has 0 amide bonds. The summed E-state index contributed by atoms with van der Waals surface area (Å²) in [5.74, 6) is 2.12. The van der Waals surface area contributed by atoms with Gasteiger partial charge in [-0.2, -0.15) is 10.1 Å². The van der Waals surface area contributed by atoms with Crippen LogP contribution in [0.3, 0.4) is 0 Å². The number of imidazole rings is 1. The Balaban J connectivity index is 1.99. The third-order valence-electron chi connectivity index (χ3n) is 3.24. The van der Waals surface area contributed by atoms with E-state index >= 15 is 0 Å². The Hall–Kier alpha value is -1.89. The van der Waals surface area contributed by atoms with Crippen molar-refractivity contribution in [3.05, 3.63) is 23.7 Å². The number of alkyl halides is 1. The molecule has 0 spiro atoms. The number of aromatic nitrogens is 6. The number of hydrogen-bond acceptors (Lipinski definition) is 5. The monoisotopic (exact) mass is 294 g/mol. The van der Waals surface area contributed by atoms with Gasteiger partial charge in [0.1, 0.15) is 11.3 Å². The zero-order valence-corrected chi connectivity index (χ0v) is 12.1. The average molecular weight is 295 g/mol. The minimum absolute atomic E-state index is 0.538. The second-order valence-electron chi connectivity index (χ2n) is 4.58. The quantitative estimate of drug-likeness (QED) is 0.666. The lowest BCUT2D eigenvalue weighted by Crippen LogP contribution is -2.10. The molecule has 0 fully saturated rings. The molecule has 0 bridgehead atoms. The molecule has 0 saturated carbocycles. The number of hydrogen-bond donors (Lipinski definition) is 0. The molecule has 0 saturated heterocycles. The molecule has 3 aromatic rings. The first kappa shape index (κ1) is 13.1. The van der Waals surface area contributed by atoms with Crippen molar-refractivity contribution in [2.24, 2.45) is 7.05 Å². The van der Waals surface area contributed by atoms with Gasteiger partial charge < -0.3 is 9.09 Å². The molecule has 20 heavy (non-hydrogen) atoms. The first-order chi connectivity index (χ1) is 9.70. The van der Waals surface area contributed by atoms with E-state index in [2.05, 4.69) is 24.8 Å². The molecule has 106 valence electrons. The molecule has 3 rings (SSSR count). The zero-order chi connectivity index (χ0) is 14.1. The van der Waals surface area contributed by atoms with Gasteiger partial charge in [0.2, 0.25) is 5.89 Å². The Morgan fingerprint density at radius 2 is 2.20 bits per heavy atom. The second-order valence-corrected chi connectivity index (χ2v) is 4.96. The number of halogens is 1. The smallest absolute Gasteiger partial charge is 0.228 e. The topological polar surface area (TPSA) is 74.6 Å². The van der Waals surface area contributed by atoms with Gasteiger partial charge in [-0.15, -0.1) is 11.6 Å². The summed E-state index contributed by atoms with van der Waals surface area (Å²) >= 11 is 5.87. The summed E-state index contributed by atoms with van der Waals surface area (Å²) in [5.41, 5.74) is 2.86. The summed E-state index contributed by atoms with van der Waals surface area (Å²) < 4.78 is 9.01. The third-order valence-corrected chi connectivity index (χ3v) is 3.43. The van der Waals surface area contributed by atoms with Gasteiger partial charge in [0.05, 0.1) is 5.69 Å². The van der Waals surface area contributed by atoms with Crippen LogP contribution in [0.25, 0.3) is 11.2 Å². The van der Waals surface area contributed by atoms with Gasteiger partial charge in [0, 0.05) is 32.3 Å². The minimum Gasteiger partial charge on any atom is -0.340 e. The zero-order valence-electron chi connectivity index (χ0n) is 11.4. The van der Waals surface area contributed by atoms with E-state index in [-0.39, 0.29) is 0 Å². The van der Waals surface area contributed by atoms with Crippen LogP contribution in [-0.4, -0.2) is 35.4 Å². The highest BCUT2D eigenvalue weighted by Gasteiger charge is 2.17. The lowest BCUT2D eigenvalue weighted by atomic mass is 10.4. The lowest BCUT2D eigenvalue weighted by molar-refractivity contribution is 0.370. The second kappa shape index (κ2) is 5.24. The van der Waals surface area contributed by atoms with E-state index in [1.807, 2.05) is 18.7 Å². The molecular formula is C12H15ClN6O. The first-order valence-electron chi connectivity index (χ1n) is 6.41. The molecule has 8 heteroatoms. The minimum atomic E-state index is 0.538. The van der Waals surface area contributed by atoms with Crippen molar-refractivity contribution in [2.75, 3.05) is 5.88 Å². The molecule has 0 aromatic carbocycles. The molecule has 0 aliphatic carbocycles. The normalized spacial score (nSPS) is 11.6. The van der Waals surface area contributed by atoms with Crippen molar-refractivity contribution in [3.63, 3.8) is 0 Å². The average Bonchev–Trinajstić information content (AvgIpc) is 3.08. The number of aryl methyl sites for hydroxylation is 5. The SMILES string of the molecule is Cc1nn(C)c2c1nc(CCCl)n2CCc1ncno1. The van der Waals surface area contributed by atoms with E-state index in [4.69, 9.17) is 16.1 Å². The highest BCUT2D eigenvalue weighted by molar-refractivity contribution is 6.17. The van der Waals surface area contributed by atoms with Crippen LogP contribution in [0.2, 0.25) is 0 Å². The largest absolute Gasteiger partial charge is 0.340 e. The van der Waals surface area contributed by atoms with Gasteiger partial charge in [0.15, 0.2) is 12.0 Å². The van der Waals surface area contributed by atoms with Crippen LogP contribution < -0.4 is 0 Å². The molecule has 3 aromatic heterocycles. The molecule has 0 atom stereocenters. The Labute approximate surface area is 120 Å². The molecule has 0 aliphatic rings. The Morgan fingerprint density at radius 1 is 1.35 bits per heavy atom. The number of fused-ring (bicyclic) bond motifs is 1. The fourth-order valence-electron chi connectivity index (χ4n) is 2.40. The van der Waals surface area contributed by atoms with E-state index in [0.29, 0.717) is 24.7 Å². The van der Waals surface area contributed by atoms with Gasteiger partial charge >= 0.3 is 0 Å². The third kappa shape index (κ3) is 2.18. The van der Waals surface area contributed by atoms with E-state index < -0.39 is 0 Å². The van der Waals surface area contributed by atoms with Crippen LogP contribution in [-0.2, 0) is 26.4 Å². The standard InChI is InChI=1S/C12H15ClN6O/c1-8-11-12(18(2)17-8)19(9(16-11)3-5-13)6-4-10-14-7-15-20-10/h7H,3-6H2,1-2H3. The van der Waals surface area contributed by atoms with E-state index in [9.17, 15) is 0 Å². The predicted octanol–water partition coefficient (Wildman–Crippen LogP) is 1.49. The van der Waals surface area contributed by atoms with Crippen LogP contribution >= 0.6 is 11.6 Å². The van der Waals surface area contributed by atoms with Crippen molar-refractivity contribution in [2.45, 2.75) is 26.3 Å². The summed E-state index contributed by atoms with van der Waals surface area (Å²) in [4.78, 5) is 8.69. The van der Waals surface area contributed by atoms with Crippen molar-refractivity contribution in [1.82, 2.24) is 29.5 Å². The maximum Gasteiger partial charge on any atom is 0.228 e. The van der Waals surface area contributed by atoms with E-state index in [1.165, 1.54) is 6.33 Å². The van der Waals surface area contributed by atoms with Crippen molar-refractivity contribution in [3.8, 4) is 0 Å². The van der Waals surface area contributed by atoms with Crippen molar-refractivity contribution in [1.29, 1.82) is 0 Å².